The fourth-order valence-electron chi connectivity index (χ4n) is 8.32. The van der Waals surface area contributed by atoms with Crippen LogP contribution in [-0.2, 0) is 48.0 Å². The zero-order valence-corrected chi connectivity index (χ0v) is 55.8. The Kier molecular flexibility index (Phi) is 24.8. The Hall–Kier alpha value is -11.6. The molecule has 10 aromatic rings. The molecule has 2 aliphatic heterocycles. The van der Waals surface area contributed by atoms with Crippen molar-refractivity contribution in [3.63, 3.8) is 0 Å². The molecule has 520 valence electrons. The van der Waals surface area contributed by atoms with Crippen LogP contribution in [0.4, 0.5) is 0 Å². The minimum absolute atomic E-state index is 0.00411. The molecule has 5 aromatic heterocycles. The molecule has 0 radical (unpaired) electrons. The van der Waals surface area contributed by atoms with E-state index in [4.69, 9.17) is 94.7 Å². The molecule has 0 unspecified atom stereocenters. The summed E-state index contributed by atoms with van der Waals surface area (Å²) in [6.45, 7) is 8.39. The quantitative estimate of drug-likeness (QED) is 0.0361. The third-order valence-corrected chi connectivity index (χ3v) is 14.6. The number of fused-ring (bicyclic) bond motifs is 5. The topological polar surface area (TPSA) is 438 Å². The van der Waals surface area contributed by atoms with Crippen LogP contribution in [0, 0.1) is 20.8 Å². The molecule has 2 saturated heterocycles. The van der Waals surface area contributed by atoms with Crippen LogP contribution < -0.4 is 37.6 Å². The standard InChI is InChI=1S/C14H8ClNO7.C13H11ClO5.C12H9ClO4.C10H5ClO5.C10H7ClO3.C6H7NO4/c15-8-4-6-3-7(13(20)22-10(6)5-9(8)17)14(21)23-16-11(18)1-2-12(16)19;1-7-3-9-4-10(14)12(18-6-17-8(2)15)5-11(9)19-13(7)16;1-6-3-8-4-9(13)11(16-7(2)14)5-10(8)17-12(6)15;11-6-2-4-1-5(9(13)14)10(15)16-8(4)3-7(6)12;1-5-2-6-3-7(11)8(12)4-9(6)14-10(5)13;1-4(8)11-7-5(9)2-3-6(7)10/h3-5,17H,1-2H2;3-5H,6H2,1-2H3;3-5H,1-2H3;1-3,12H,(H,13,14);2-4,12H,1H3;2-3H2,1H3. The summed E-state index contributed by atoms with van der Waals surface area (Å²) in [6, 6.07) is 21.2. The van der Waals surface area contributed by atoms with E-state index in [0.29, 0.717) is 75.2 Å². The number of carbonyl (C=O) groups excluding carboxylic acids is 8. The summed E-state index contributed by atoms with van der Waals surface area (Å²) in [5, 5.41) is 41.2. The predicted molar refractivity (Wildman–Crippen MR) is 352 cm³/mol. The number of halogens is 5. The van der Waals surface area contributed by atoms with Crippen molar-refractivity contribution in [2.75, 3.05) is 6.79 Å². The summed E-state index contributed by atoms with van der Waals surface area (Å²) < 4.78 is 39.5. The molecule has 2 fully saturated rings. The van der Waals surface area contributed by atoms with Gasteiger partial charge in [-0.15, -0.1) is 10.1 Å². The van der Waals surface area contributed by atoms with E-state index in [1.54, 1.807) is 57.2 Å². The molecule has 5 aromatic carbocycles. The van der Waals surface area contributed by atoms with Crippen molar-refractivity contribution in [1.82, 2.24) is 10.1 Å². The van der Waals surface area contributed by atoms with E-state index in [0.717, 1.165) is 31.2 Å². The zero-order valence-electron chi connectivity index (χ0n) is 52.1. The molecule has 7 heterocycles. The van der Waals surface area contributed by atoms with Gasteiger partial charge in [0, 0.05) is 120 Å². The number of rotatable bonds is 8. The number of phenolic OH excluding ortho intramolecular Hbond substituents is 3. The monoisotopic (exact) mass is 1480 g/mol. The number of hydroxylamine groups is 4. The van der Waals surface area contributed by atoms with Gasteiger partial charge in [0.15, 0.2) is 5.75 Å². The third kappa shape index (κ3) is 19.4. The first-order chi connectivity index (χ1) is 47.0. The Balaban J connectivity index is 0.000000171. The average molecular weight is 1480 g/mol. The van der Waals surface area contributed by atoms with Gasteiger partial charge in [-0.25, -0.2) is 38.4 Å². The molecule has 0 aliphatic carbocycles. The number of carboxylic acid groups (broad SMARTS) is 1. The van der Waals surface area contributed by atoms with Crippen molar-refractivity contribution in [3.05, 3.63) is 196 Å². The van der Waals surface area contributed by atoms with Crippen LogP contribution in [0.1, 0.15) is 83.9 Å². The molecule has 100 heavy (non-hydrogen) atoms. The Labute approximate surface area is 581 Å². The second kappa shape index (κ2) is 32.7. The van der Waals surface area contributed by atoms with Crippen LogP contribution in [0.15, 0.2) is 137 Å². The Morgan fingerprint density at radius 1 is 0.400 bits per heavy atom. The van der Waals surface area contributed by atoms with Crippen molar-refractivity contribution in [3.8, 4) is 28.7 Å². The highest BCUT2D eigenvalue weighted by Gasteiger charge is 2.34. The molecule has 2 aliphatic rings. The van der Waals surface area contributed by atoms with Crippen molar-refractivity contribution in [1.29, 1.82) is 0 Å². The first-order valence-electron chi connectivity index (χ1n) is 28.1. The molecular weight excluding hydrogens is 1430 g/mol. The fourth-order valence-corrected chi connectivity index (χ4v) is 9.28. The van der Waals surface area contributed by atoms with E-state index in [9.17, 15) is 82.4 Å². The highest BCUT2D eigenvalue weighted by molar-refractivity contribution is 6.34. The van der Waals surface area contributed by atoms with Crippen LogP contribution in [0.3, 0.4) is 0 Å². The summed E-state index contributed by atoms with van der Waals surface area (Å²) in [5.74, 6) is -6.57. The van der Waals surface area contributed by atoms with Gasteiger partial charge >= 0.3 is 58.0 Å². The Morgan fingerprint density at radius 3 is 1.09 bits per heavy atom. The van der Waals surface area contributed by atoms with Crippen LogP contribution in [0.2, 0.25) is 25.1 Å². The molecule has 30 nitrogen and oxygen atoms in total. The van der Waals surface area contributed by atoms with Gasteiger partial charge < -0.3 is 66.4 Å². The van der Waals surface area contributed by atoms with Gasteiger partial charge in [-0.2, -0.15) is 0 Å². The zero-order chi connectivity index (χ0) is 73.9. The molecule has 0 saturated carbocycles. The van der Waals surface area contributed by atoms with Gasteiger partial charge in [0.25, 0.3) is 23.6 Å². The number of amides is 4. The molecular formula is C65H47Cl5N2O28. The lowest BCUT2D eigenvalue weighted by Gasteiger charge is -2.12. The van der Waals surface area contributed by atoms with Crippen LogP contribution in [0.5, 0.6) is 28.7 Å². The highest BCUT2D eigenvalue weighted by Crippen LogP contribution is 2.34. The van der Waals surface area contributed by atoms with Gasteiger partial charge in [-0.3, -0.25) is 28.8 Å². The van der Waals surface area contributed by atoms with E-state index in [2.05, 4.69) is 14.4 Å². The lowest BCUT2D eigenvalue weighted by atomic mass is 10.2. The van der Waals surface area contributed by atoms with Gasteiger partial charge in [0.2, 0.25) is 6.79 Å². The number of imide groups is 2. The normalized spacial score (nSPS) is 12.2. The van der Waals surface area contributed by atoms with Gasteiger partial charge in [0.05, 0.1) is 25.1 Å². The molecule has 35 heteroatoms. The average Bonchev–Trinajstić information content (AvgIpc) is 0.967. The minimum atomic E-state index is -1.38. The number of carbonyl (C=O) groups is 9. The Bertz CT molecular complexity index is 5310. The summed E-state index contributed by atoms with van der Waals surface area (Å²) in [4.78, 5) is 165. The molecule has 4 amide bonds. The highest BCUT2D eigenvalue weighted by atomic mass is 35.5. The third-order valence-electron chi connectivity index (χ3n) is 13.1. The first-order valence-corrected chi connectivity index (χ1v) is 30.0. The minimum Gasteiger partial charge on any atom is -0.506 e. The molecule has 4 N–H and O–H groups in total. The number of hydrogen-bond acceptors (Lipinski definition) is 27. The van der Waals surface area contributed by atoms with Crippen molar-refractivity contribution in [2.45, 2.75) is 67.2 Å². The van der Waals surface area contributed by atoms with E-state index in [1.807, 2.05) is 0 Å². The summed E-state index contributed by atoms with van der Waals surface area (Å²) in [6.07, 6.45) is 0.138. The maximum atomic E-state index is 12.0. The fraction of sp³-hybridized carbons (Fsp3) is 0.169. The number of aromatic carboxylic acids is 1. The number of carboxylic acids is 1. The number of aryl methyl sites for hydroxylation is 3. The predicted octanol–water partition coefficient (Wildman–Crippen LogP) is 10.6. The SMILES string of the molecule is CC(=O)OCOc1cc2oc(=O)c(C)cc2cc1Cl.CC(=O)ON1C(=O)CCC1=O.CC(=O)Oc1cc2oc(=O)c(C)cc2cc1Cl.Cc1cc2cc(Cl)c(O)cc2oc1=O.O=C(O)c1cc2cc(Cl)c(O)cc2oc1=O.O=C(ON1C(=O)CCC1=O)c1cc2cc(Cl)c(O)cc2oc1=O. The number of benzene rings is 5. The number of aromatic hydroxyl groups is 3. The summed E-state index contributed by atoms with van der Waals surface area (Å²) >= 11 is 29.1. The van der Waals surface area contributed by atoms with Gasteiger partial charge in [0.1, 0.15) is 62.0 Å². The molecule has 12 rings (SSSR count). The number of ether oxygens (including phenoxy) is 3. The summed E-state index contributed by atoms with van der Waals surface area (Å²) in [5.41, 5.74) is -1.61. The number of esters is 2. The second-order valence-corrected chi connectivity index (χ2v) is 22.7. The van der Waals surface area contributed by atoms with Crippen molar-refractivity contribution < 1.29 is 110 Å². The van der Waals surface area contributed by atoms with Crippen molar-refractivity contribution in [2.24, 2.45) is 0 Å². The van der Waals surface area contributed by atoms with Crippen LogP contribution in [-0.4, -0.2) is 90.8 Å². The second-order valence-electron chi connectivity index (χ2n) is 20.6. The summed E-state index contributed by atoms with van der Waals surface area (Å²) in [7, 11) is 0. The van der Waals surface area contributed by atoms with Crippen LogP contribution >= 0.6 is 58.0 Å². The largest absolute Gasteiger partial charge is 0.506 e. The number of phenols is 3. The molecule has 0 atom stereocenters. The lowest BCUT2D eigenvalue weighted by molar-refractivity contribution is -0.195. The van der Waals surface area contributed by atoms with Gasteiger partial charge in [-0.1, -0.05) is 58.0 Å². The maximum Gasteiger partial charge on any atom is 0.371 e. The smallest absolute Gasteiger partial charge is 0.371 e. The van der Waals surface area contributed by atoms with E-state index in [1.165, 1.54) is 44.2 Å². The lowest BCUT2D eigenvalue weighted by Crippen LogP contribution is -2.33. The number of nitrogens with zero attached hydrogens (tertiary/aromatic N) is 2. The first kappa shape index (κ1) is 75.8. The Morgan fingerprint density at radius 2 is 0.720 bits per heavy atom. The van der Waals surface area contributed by atoms with E-state index in [-0.39, 0.29) is 92.8 Å². The maximum absolute atomic E-state index is 12.0. The van der Waals surface area contributed by atoms with E-state index >= 15 is 0 Å². The van der Waals surface area contributed by atoms with Gasteiger partial charge in [-0.05, 0) is 81.4 Å². The molecule has 0 spiro atoms. The van der Waals surface area contributed by atoms with Crippen LogP contribution in [0.25, 0.3) is 54.8 Å². The van der Waals surface area contributed by atoms with Crippen molar-refractivity contribution >= 4 is 166 Å². The van der Waals surface area contributed by atoms with E-state index < -0.39 is 92.7 Å². The number of hydrogen-bond donors (Lipinski definition) is 4. The molecule has 0 bridgehead atoms.